The van der Waals surface area contributed by atoms with E-state index in [4.69, 9.17) is 14.2 Å². The summed E-state index contributed by atoms with van der Waals surface area (Å²) in [5.41, 5.74) is 2.85. The number of carbonyl (C=O) groups is 2. The van der Waals surface area contributed by atoms with Crippen LogP contribution >= 0.6 is 0 Å². The summed E-state index contributed by atoms with van der Waals surface area (Å²) in [5, 5.41) is 11.1. The van der Waals surface area contributed by atoms with Gasteiger partial charge in [-0.25, -0.2) is 4.68 Å². The number of ether oxygens (including phenoxy) is 3. The molecule has 2 heterocycles. The second-order valence-electron chi connectivity index (χ2n) is 8.34. The molecule has 0 aliphatic carbocycles. The number of amides is 2. The van der Waals surface area contributed by atoms with E-state index in [0.717, 1.165) is 11.1 Å². The van der Waals surface area contributed by atoms with Crippen molar-refractivity contribution in [2.45, 2.75) is 26.1 Å². The smallest absolute Gasteiger partial charge is 0.246 e. The number of methoxy groups -OCH3 is 1. The Morgan fingerprint density at radius 1 is 1.08 bits per heavy atom. The number of rotatable bonds is 8. The van der Waals surface area contributed by atoms with Gasteiger partial charge in [-0.1, -0.05) is 29.5 Å². The maximum absolute atomic E-state index is 13.5. The van der Waals surface area contributed by atoms with E-state index in [2.05, 4.69) is 15.6 Å². The van der Waals surface area contributed by atoms with Crippen LogP contribution in [0.25, 0.3) is 11.0 Å². The van der Waals surface area contributed by atoms with Crippen molar-refractivity contribution in [2.24, 2.45) is 0 Å². The van der Waals surface area contributed by atoms with Gasteiger partial charge in [0.25, 0.3) is 0 Å². The van der Waals surface area contributed by atoms with Crippen LogP contribution in [-0.4, -0.2) is 51.7 Å². The number of benzene rings is 3. The number of fused-ring (bicyclic) bond motifs is 2. The molecule has 36 heavy (non-hydrogen) atoms. The van der Waals surface area contributed by atoms with E-state index < -0.39 is 6.04 Å². The molecule has 10 nitrogen and oxygen atoms in total. The van der Waals surface area contributed by atoms with Gasteiger partial charge in [-0.15, -0.1) is 5.10 Å². The second kappa shape index (κ2) is 9.95. The number of aromatic nitrogens is 3. The first-order chi connectivity index (χ1) is 17.5. The van der Waals surface area contributed by atoms with Crippen LogP contribution < -0.4 is 19.5 Å². The van der Waals surface area contributed by atoms with Gasteiger partial charge >= 0.3 is 0 Å². The first-order valence-corrected chi connectivity index (χ1v) is 11.4. The molecule has 1 unspecified atom stereocenters. The Labute approximate surface area is 207 Å². The highest BCUT2D eigenvalue weighted by atomic mass is 16.7. The fraction of sp³-hybridized carbons (Fsp3) is 0.231. The van der Waals surface area contributed by atoms with Gasteiger partial charge in [-0.2, -0.15) is 0 Å². The number of hydrogen-bond donors (Lipinski definition) is 1. The van der Waals surface area contributed by atoms with Crippen molar-refractivity contribution in [1.82, 2.24) is 19.9 Å². The van der Waals surface area contributed by atoms with Crippen molar-refractivity contribution in [3.05, 3.63) is 72.3 Å². The molecule has 0 bridgehead atoms. The fourth-order valence-corrected chi connectivity index (χ4v) is 3.98. The first kappa shape index (κ1) is 23.2. The van der Waals surface area contributed by atoms with Gasteiger partial charge in [0.05, 0.1) is 12.6 Å². The van der Waals surface area contributed by atoms with Crippen molar-refractivity contribution in [3.63, 3.8) is 0 Å². The molecule has 1 aromatic heterocycles. The minimum absolute atomic E-state index is 0.0572. The summed E-state index contributed by atoms with van der Waals surface area (Å²) in [7, 11) is 1.59. The van der Waals surface area contributed by atoms with E-state index in [1.165, 1.54) is 4.90 Å². The molecule has 1 aliphatic rings. The summed E-state index contributed by atoms with van der Waals surface area (Å²) >= 11 is 0. The minimum Gasteiger partial charge on any atom is -0.497 e. The topological polar surface area (TPSA) is 108 Å². The zero-order valence-corrected chi connectivity index (χ0v) is 19.9. The average Bonchev–Trinajstić information content (AvgIpc) is 3.54. The fourth-order valence-electron chi connectivity index (χ4n) is 3.98. The van der Waals surface area contributed by atoms with Crippen LogP contribution in [0, 0.1) is 0 Å². The summed E-state index contributed by atoms with van der Waals surface area (Å²) in [4.78, 5) is 28.3. The van der Waals surface area contributed by atoms with Gasteiger partial charge in [-0.05, 0) is 48.9 Å². The lowest BCUT2D eigenvalue weighted by molar-refractivity contribution is -0.139. The van der Waals surface area contributed by atoms with Crippen LogP contribution in [0.3, 0.4) is 0 Å². The van der Waals surface area contributed by atoms with Crippen molar-refractivity contribution in [1.29, 1.82) is 0 Å². The average molecular weight is 488 g/mol. The van der Waals surface area contributed by atoms with E-state index in [1.807, 2.05) is 48.5 Å². The number of hydrogen-bond acceptors (Lipinski definition) is 7. The van der Waals surface area contributed by atoms with Gasteiger partial charge in [0.2, 0.25) is 18.6 Å². The number of para-hydroxylation sites is 1. The largest absolute Gasteiger partial charge is 0.497 e. The molecule has 0 spiro atoms. The van der Waals surface area contributed by atoms with E-state index in [-0.39, 0.29) is 31.7 Å². The highest BCUT2D eigenvalue weighted by Crippen LogP contribution is 2.34. The van der Waals surface area contributed by atoms with Crippen LogP contribution in [0.2, 0.25) is 0 Å². The van der Waals surface area contributed by atoms with Crippen LogP contribution in [0.4, 0.5) is 5.69 Å². The Bertz CT molecular complexity index is 1400. The Balaban J connectivity index is 1.37. The van der Waals surface area contributed by atoms with Crippen LogP contribution in [0.5, 0.6) is 17.2 Å². The zero-order valence-electron chi connectivity index (χ0n) is 19.9. The third kappa shape index (κ3) is 4.78. The molecule has 1 N–H and O–H groups in total. The number of anilines is 1. The highest BCUT2D eigenvalue weighted by molar-refractivity contribution is 5.97. The van der Waals surface area contributed by atoms with E-state index in [1.54, 1.807) is 36.9 Å². The van der Waals surface area contributed by atoms with Gasteiger partial charge in [-0.3, -0.25) is 9.59 Å². The molecule has 2 amide bonds. The third-order valence-corrected chi connectivity index (χ3v) is 6.02. The molecule has 4 aromatic rings. The molecule has 5 rings (SSSR count). The van der Waals surface area contributed by atoms with Gasteiger partial charge in [0.1, 0.15) is 23.9 Å². The molecular weight excluding hydrogens is 462 g/mol. The number of nitrogens with zero attached hydrogens (tertiary/aromatic N) is 4. The van der Waals surface area contributed by atoms with E-state index in [0.29, 0.717) is 28.5 Å². The Kier molecular flexibility index (Phi) is 6.40. The summed E-state index contributed by atoms with van der Waals surface area (Å²) in [6.07, 6.45) is 0. The maximum Gasteiger partial charge on any atom is 0.246 e. The molecule has 0 saturated carbocycles. The summed E-state index contributed by atoms with van der Waals surface area (Å²) in [6, 6.07) is 19.2. The lowest BCUT2D eigenvalue weighted by Crippen LogP contribution is -2.46. The van der Waals surface area contributed by atoms with Crippen LogP contribution in [-0.2, 0) is 22.7 Å². The monoisotopic (exact) mass is 487 g/mol. The summed E-state index contributed by atoms with van der Waals surface area (Å²) < 4.78 is 17.5. The molecule has 1 atom stereocenters. The van der Waals surface area contributed by atoms with Crippen molar-refractivity contribution in [2.75, 3.05) is 19.2 Å². The van der Waals surface area contributed by atoms with E-state index in [9.17, 15) is 9.59 Å². The van der Waals surface area contributed by atoms with Crippen molar-refractivity contribution >= 4 is 28.5 Å². The minimum atomic E-state index is -0.778. The second-order valence-corrected chi connectivity index (χ2v) is 8.34. The van der Waals surface area contributed by atoms with Crippen LogP contribution in [0.1, 0.15) is 12.5 Å². The molecule has 0 saturated heterocycles. The first-order valence-electron chi connectivity index (χ1n) is 11.4. The quantitative estimate of drug-likeness (QED) is 0.407. The SMILES string of the molecule is COc1ccc(CN(C(=O)Cn2nnc3ccccc32)C(C)C(=O)Nc2ccc3c(c2)OCO3)cc1. The van der Waals surface area contributed by atoms with Gasteiger partial charge in [0, 0.05) is 18.3 Å². The molecule has 0 fully saturated rings. The third-order valence-electron chi connectivity index (χ3n) is 6.02. The van der Waals surface area contributed by atoms with E-state index >= 15 is 0 Å². The van der Waals surface area contributed by atoms with Crippen molar-refractivity contribution < 1.29 is 23.8 Å². The molecule has 10 heteroatoms. The lowest BCUT2D eigenvalue weighted by Gasteiger charge is -2.29. The Morgan fingerprint density at radius 2 is 1.86 bits per heavy atom. The van der Waals surface area contributed by atoms with Gasteiger partial charge < -0.3 is 24.4 Å². The molecule has 0 radical (unpaired) electrons. The molecule has 184 valence electrons. The summed E-state index contributed by atoms with van der Waals surface area (Å²) in [5.74, 6) is 1.29. The predicted molar refractivity (Wildman–Crippen MR) is 132 cm³/mol. The van der Waals surface area contributed by atoms with Crippen molar-refractivity contribution in [3.8, 4) is 17.2 Å². The predicted octanol–water partition coefficient (Wildman–Crippen LogP) is 3.22. The lowest BCUT2D eigenvalue weighted by atomic mass is 10.1. The van der Waals surface area contributed by atoms with Crippen LogP contribution in [0.15, 0.2) is 66.7 Å². The standard InChI is InChI=1S/C26H25N5O5/c1-17(26(33)27-19-9-12-23-24(13-19)36-16-35-23)30(14-18-7-10-20(34-2)11-8-18)25(32)15-31-22-6-4-3-5-21(22)28-29-31/h3-13,17H,14-16H2,1-2H3,(H,27,33). The molecular formula is C26H25N5O5. The molecule has 1 aliphatic heterocycles. The molecule has 3 aromatic carbocycles. The highest BCUT2D eigenvalue weighted by Gasteiger charge is 2.27. The van der Waals surface area contributed by atoms with Gasteiger partial charge in [0.15, 0.2) is 11.5 Å². The maximum atomic E-state index is 13.5. The number of carbonyl (C=O) groups excluding carboxylic acids is 2. The Morgan fingerprint density at radius 3 is 2.67 bits per heavy atom. The normalized spacial score (nSPS) is 12.8. The Hall–Kier alpha value is -4.60. The number of nitrogens with one attached hydrogen (secondary N) is 1. The zero-order chi connectivity index (χ0) is 25.1. The summed E-state index contributed by atoms with van der Waals surface area (Å²) in [6.45, 7) is 2.01.